The molecule has 0 saturated heterocycles. The molecule has 0 aromatic carbocycles. The van der Waals surface area contributed by atoms with E-state index in [0.717, 1.165) is 5.56 Å². The summed E-state index contributed by atoms with van der Waals surface area (Å²) in [4.78, 5) is 14.8. The lowest BCUT2D eigenvalue weighted by Crippen LogP contribution is -1.95. The van der Waals surface area contributed by atoms with Gasteiger partial charge in [-0.05, 0) is 0 Å². The predicted octanol–water partition coefficient (Wildman–Crippen LogP) is 1.39. The first-order valence-corrected chi connectivity index (χ1v) is 8.76. The molecular formula is C10H13Cl3N6O2S. The van der Waals surface area contributed by atoms with Crippen molar-refractivity contribution in [2.45, 2.75) is 12.5 Å². The van der Waals surface area contributed by atoms with E-state index in [9.17, 15) is 0 Å². The molecule has 0 unspecified atom stereocenters. The molecule has 122 valence electrons. The SMILES string of the molecule is Nc1ncc(CCl)cn1.Nc1ncc(CO)cn1.O=S(Cl)Cl. The van der Waals surface area contributed by atoms with Gasteiger partial charge in [-0.15, -0.1) is 11.6 Å². The Morgan fingerprint density at radius 2 is 1.27 bits per heavy atom. The summed E-state index contributed by atoms with van der Waals surface area (Å²) in [7, 11) is 7.36. The first kappa shape index (κ1) is 20.7. The van der Waals surface area contributed by atoms with E-state index in [1.807, 2.05) is 0 Å². The molecule has 0 atom stereocenters. The van der Waals surface area contributed by atoms with Crippen LogP contribution in [-0.4, -0.2) is 29.3 Å². The summed E-state index contributed by atoms with van der Waals surface area (Å²) in [6.45, 7) is -0.0414. The van der Waals surface area contributed by atoms with Crippen molar-refractivity contribution in [3.8, 4) is 0 Å². The van der Waals surface area contributed by atoms with Crippen LogP contribution >= 0.6 is 33.0 Å². The highest BCUT2D eigenvalue weighted by Crippen LogP contribution is 1.99. The van der Waals surface area contributed by atoms with E-state index in [-0.39, 0.29) is 18.5 Å². The largest absolute Gasteiger partial charge is 0.392 e. The maximum absolute atomic E-state index is 9.09. The van der Waals surface area contributed by atoms with Crippen LogP contribution in [0.25, 0.3) is 0 Å². The number of nitrogens with two attached hydrogens (primary N) is 2. The molecule has 0 aliphatic rings. The number of hydrogen-bond donors (Lipinski definition) is 3. The molecule has 22 heavy (non-hydrogen) atoms. The van der Waals surface area contributed by atoms with Gasteiger partial charge in [0.1, 0.15) is 0 Å². The van der Waals surface area contributed by atoms with Gasteiger partial charge in [-0.1, -0.05) is 0 Å². The van der Waals surface area contributed by atoms with Crippen LogP contribution in [0, 0.1) is 0 Å². The Labute approximate surface area is 143 Å². The molecule has 8 nitrogen and oxygen atoms in total. The summed E-state index contributed by atoms with van der Waals surface area (Å²) in [5.74, 6) is 0.941. The second-order valence-corrected chi connectivity index (χ2v) is 6.17. The van der Waals surface area contributed by atoms with Gasteiger partial charge in [0.2, 0.25) is 21.1 Å². The first-order chi connectivity index (χ1) is 10.4. The third kappa shape index (κ3) is 11.4. The Morgan fingerprint density at radius 3 is 1.55 bits per heavy atom. The summed E-state index contributed by atoms with van der Waals surface area (Å²) < 4.78 is 9.09. The van der Waals surface area contributed by atoms with Crippen LogP contribution in [0.2, 0.25) is 0 Å². The maximum atomic E-state index is 9.09. The van der Waals surface area contributed by atoms with Gasteiger partial charge in [0.15, 0.2) is 0 Å². The van der Waals surface area contributed by atoms with Crippen LogP contribution < -0.4 is 11.5 Å². The van der Waals surface area contributed by atoms with E-state index < -0.39 is 9.23 Å². The minimum Gasteiger partial charge on any atom is -0.392 e. The van der Waals surface area contributed by atoms with Gasteiger partial charge < -0.3 is 16.6 Å². The van der Waals surface area contributed by atoms with E-state index in [2.05, 4.69) is 41.3 Å². The zero-order valence-electron chi connectivity index (χ0n) is 11.1. The average Bonchev–Trinajstić information content (AvgIpc) is 2.49. The van der Waals surface area contributed by atoms with E-state index in [4.69, 9.17) is 32.4 Å². The van der Waals surface area contributed by atoms with Crippen molar-refractivity contribution in [3.63, 3.8) is 0 Å². The van der Waals surface area contributed by atoms with Gasteiger partial charge in [0, 0.05) is 57.3 Å². The number of nitrogens with zero attached hydrogens (tertiary/aromatic N) is 4. The zero-order valence-corrected chi connectivity index (χ0v) is 14.1. The lowest BCUT2D eigenvalue weighted by Gasteiger charge is -1.92. The topological polar surface area (TPSA) is 141 Å². The minimum atomic E-state index is -1.67. The van der Waals surface area contributed by atoms with Crippen LogP contribution in [-0.2, 0) is 21.7 Å². The highest BCUT2D eigenvalue weighted by molar-refractivity contribution is 8.26. The monoisotopic (exact) mass is 386 g/mol. The van der Waals surface area contributed by atoms with Crippen molar-refractivity contribution < 1.29 is 9.32 Å². The summed E-state index contributed by atoms with van der Waals surface area (Å²) in [6, 6.07) is 0. The van der Waals surface area contributed by atoms with Crippen molar-refractivity contribution in [1.29, 1.82) is 0 Å². The Morgan fingerprint density at radius 1 is 0.955 bits per heavy atom. The van der Waals surface area contributed by atoms with Gasteiger partial charge >= 0.3 is 0 Å². The van der Waals surface area contributed by atoms with E-state index >= 15 is 0 Å². The molecule has 0 fully saturated rings. The van der Waals surface area contributed by atoms with Crippen LogP contribution in [0.4, 0.5) is 11.9 Å². The number of hydrogen-bond acceptors (Lipinski definition) is 8. The standard InChI is InChI=1S/C5H6ClN3.C5H7N3O.Cl2OS/c6-1-4-2-8-5(7)9-3-4;6-5-7-1-4(3-9)2-8-5;1-4(2)3/h2-3H,1H2,(H2,7,8,9);1-2,9H,3H2,(H2,6,7,8);. The molecule has 0 aliphatic heterocycles. The molecule has 2 aromatic rings. The van der Waals surface area contributed by atoms with Gasteiger partial charge in [-0.3, -0.25) is 0 Å². The van der Waals surface area contributed by atoms with Gasteiger partial charge in [0.05, 0.1) is 12.5 Å². The quantitative estimate of drug-likeness (QED) is 0.518. The van der Waals surface area contributed by atoms with Crippen LogP contribution in [0.5, 0.6) is 0 Å². The van der Waals surface area contributed by atoms with Crippen molar-refractivity contribution >= 4 is 54.1 Å². The number of aliphatic hydroxyl groups excluding tert-OH is 1. The molecule has 5 N–H and O–H groups in total. The molecule has 0 spiro atoms. The average molecular weight is 388 g/mol. The Hall–Kier alpha value is -1.26. The van der Waals surface area contributed by atoms with Crippen LogP contribution in [0.3, 0.4) is 0 Å². The van der Waals surface area contributed by atoms with Crippen molar-refractivity contribution in [3.05, 3.63) is 35.9 Å². The lowest BCUT2D eigenvalue weighted by atomic mass is 10.4. The smallest absolute Gasteiger partial charge is 0.219 e. The summed E-state index contributed by atoms with van der Waals surface area (Å²) >= 11 is 5.46. The normalized spacial score (nSPS) is 9.32. The molecule has 0 radical (unpaired) electrons. The van der Waals surface area contributed by atoms with Crippen LogP contribution in [0.15, 0.2) is 24.8 Å². The zero-order chi connectivity index (χ0) is 17.0. The second-order valence-electron chi connectivity index (χ2n) is 3.38. The molecule has 2 aromatic heterocycles. The number of alkyl halides is 1. The highest BCUT2D eigenvalue weighted by Gasteiger charge is 1.89. The first-order valence-electron chi connectivity index (χ1n) is 5.43. The molecular weight excluding hydrogens is 375 g/mol. The van der Waals surface area contributed by atoms with Crippen molar-refractivity contribution in [2.24, 2.45) is 0 Å². The van der Waals surface area contributed by atoms with E-state index in [1.165, 1.54) is 12.4 Å². The third-order valence-corrected chi connectivity index (χ3v) is 2.10. The molecule has 12 heteroatoms. The minimum absolute atomic E-state index is 0.0414. The summed E-state index contributed by atoms with van der Waals surface area (Å²) in [5.41, 5.74) is 11.9. The van der Waals surface area contributed by atoms with E-state index in [1.54, 1.807) is 12.4 Å². The number of nitrogen functional groups attached to an aromatic ring is 2. The molecule has 2 heterocycles. The molecule has 0 saturated carbocycles. The Bertz CT molecular complexity index is 508. The number of rotatable bonds is 2. The molecule has 0 bridgehead atoms. The number of aliphatic hydroxyl groups is 1. The Kier molecular flexibility index (Phi) is 11.6. The molecule has 2 rings (SSSR count). The molecule has 0 aliphatic carbocycles. The van der Waals surface area contributed by atoms with Crippen LogP contribution in [0.1, 0.15) is 11.1 Å². The van der Waals surface area contributed by atoms with Gasteiger partial charge in [-0.2, -0.15) is 0 Å². The number of anilines is 2. The third-order valence-electron chi connectivity index (χ3n) is 1.79. The van der Waals surface area contributed by atoms with Crippen molar-refractivity contribution in [2.75, 3.05) is 11.5 Å². The van der Waals surface area contributed by atoms with Gasteiger partial charge in [0.25, 0.3) is 0 Å². The van der Waals surface area contributed by atoms with Crippen molar-refractivity contribution in [1.82, 2.24) is 19.9 Å². The fourth-order valence-electron chi connectivity index (χ4n) is 0.880. The van der Waals surface area contributed by atoms with E-state index in [0.29, 0.717) is 11.4 Å². The summed E-state index contributed by atoms with van der Waals surface area (Å²) in [5, 5.41) is 8.51. The van der Waals surface area contributed by atoms with Gasteiger partial charge in [-0.25, -0.2) is 24.1 Å². The fraction of sp³-hybridized carbons (Fsp3) is 0.200. The molecule has 0 amide bonds. The summed E-state index contributed by atoms with van der Waals surface area (Å²) in [6.07, 6.45) is 6.19. The fourth-order valence-corrected chi connectivity index (χ4v) is 1.02. The maximum Gasteiger partial charge on any atom is 0.219 e. The second kappa shape index (κ2) is 12.3. The Balaban J connectivity index is 0.000000326. The lowest BCUT2D eigenvalue weighted by molar-refractivity contribution is 0.281. The predicted molar refractivity (Wildman–Crippen MR) is 88.2 cm³/mol. The number of halogens is 3. The highest BCUT2D eigenvalue weighted by atomic mass is 36.0. The number of aromatic nitrogens is 4.